The summed E-state index contributed by atoms with van der Waals surface area (Å²) in [5.41, 5.74) is 7.42. The summed E-state index contributed by atoms with van der Waals surface area (Å²) in [5, 5.41) is 3.23. The number of benzene rings is 1. The molecule has 1 aliphatic heterocycles. The van der Waals surface area contributed by atoms with Crippen LogP contribution in [-0.2, 0) is 11.3 Å². The summed E-state index contributed by atoms with van der Waals surface area (Å²) in [6.07, 6.45) is 6.05. The minimum atomic E-state index is 0.198. The molecular weight excluding hydrogens is 366 g/mol. The van der Waals surface area contributed by atoms with E-state index in [4.69, 9.17) is 5.73 Å². The third-order valence-electron chi connectivity index (χ3n) is 5.44. The summed E-state index contributed by atoms with van der Waals surface area (Å²) in [6.45, 7) is 3.08. The molecule has 2 atom stereocenters. The lowest BCUT2D eigenvalue weighted by molar-refractivity contribution is -0.123. The van der Waals surface area contributed by atoms with Crippen molar-refractivity contribution in [2.45, 2.75) is 57.2 Å². The molecule has 24 heavy (non-hydrogen) atoms. The molecule has 5 heteroatoms. The third kappa shape index (κ3) is 5.04. The largest absolute Gasteiger partial charge is 0.353 e. The first-order valence-corrected chi connectivity index (χ1v) is 9.91. The van der Waals surface area contributed by atoms with Crippen molar-refractivity contribution in [1.29, 1.82) is 0 Å². The molecule has 1 amide bonds. The average Bonchev–Trinajstić information content (AvgIpc) is 2.96. The zero-order chi connectivity index (χ0) is 16.9. The van der Waals surface area contributed by atoms with E-state index in [9.17, 15) is 4.79 Å². The zero-order valence-corrected chi connectivity index (χ0v) is 15.8. The molecule has 0 spiro atoms. The molecule has 0 radical (unpaired) electrons. The molecular formula is C19H28BrN3O. The van der Waals surface area contributed by atoms with Crippen LogP contribution in [0.15, 0.2) is 28.7 Å². The maximum atomic E-state index is 12.2. The highest BCUT2D eigenvalue weighted by Crippen LogP contribution is 2.27. The molecule has 1 saturated heterocycles. The summed E-state index contributed by atoms with van der Waals surface area (Å²) in [7, 11) is 0. The van der Waals surface area contributed by atoms with Gasteiger partial charge in [0.2, 0.25) is 5.91 Å². The van der Waals surface area contributed by atoms with E-state index in [0.717, 1.165) is 49.8 Å². The van der Waals surface area contributed by atoms with Crippen LogP contribution in [0.25, 0.3) is 0 Å². The molecule has 1 saturated carbocycles. The van der Waals surface area contributed by atoms with Gasteiger partial charge in [0.15, 0.2) is 0 Å². The first kappa shape index (κ1) is 17.9. The standard InChI is InChI=1S/C19H28BrN3O/c20-16-6-4-14(5-7-16)13-23-10-8-17(9-11-23)22-19(24)12-15-2-1-3-18(15)21/h4-7,15,17-18H,1-3,8-13,21H2,(H,22,24)/t15-,18+/m0/s1. The second-order valence-electron chi connectivity index (χ2n) is 7.30. The van der Waals surface area contributed by atoms with Crippen molar-refractivity contribution < 1.29 is 4.79 Å². The van der Waals surface area contributed by atoms with Gasteiger partial charge in [0.1, 0.15) is 0 Å². The molecule has 1 aliphatic carbocycles. The number of nitrogens with one attached hydrogen (secondary N) is 1. The fourth-order valence-electron chi connectivity index (χ4n) is 3.93. The lowest BCUT2D eigenvalue weighted by Gasteiger charge is -2.32. The van der Waals surface area contributed by atoms with Gasteiger partial charge in [-0.2, -0.15) is 0 Å². The number of halogens is 1. The highest BCUT2D eigenvalue weighted by Gasteiger charge is 2.27. The van der Waals surface area contributed by atoms with Crippen LogP contribution in [0, 0.1) is 5.92 Å². The Morgan fingerprint density at radius 3 is 2.50 bits per heavy atom. The van der Waals surface area contributed by atoms with Crippen LogP contribution in [0.2, 0.25) is 0 Å². The molecule has 1 aromatic rings. The fraction of sp³-hybridized carbons (Fsp3) is 0.632. The zero-order valence-electron chi connectivity index (χ0n) is 14.2. The number of rotatable bonds is 5. The summed E-state index contributed by atoms with van der Waals surface area (Å²) in [6, 6.07) is 9.08. The van der Waals surface area contributed by atoms with Crippen LogP contribution in [0.1, 0.15) is 44.1 Å². The Kier molecular flexibility index (Phi) is 6.31. The van der Waals surface area contributed by atoms with E-state index in [1.165, 1.54) is 12.0 Å². The lowest BCUT2D eigenvalue weighted by Crippen LogP contribution is -2.45. The Bertz CT molecular complexity index is 540. The van der Waals surface area contributed by atoms with Gasteiger partial charge in [-0.3, -0.25) is 9.69 Å². The van der Waals surface area contributed by atoms with Crippen LogP contribution in [0.5, 0.6) is 0 Å². The summed E-state index contributed by atoms with van der Waals surface area (Å²) in [5.74, 6) is 0.589. The van der Waals surface area contributed by atoms with Gasteiger partial charge in [-0.05, 0) is 49.3 Å². The maximum absolute atomic E-state index is 12.2. The van der Waals surface area contributed by atoms with Crippen LogP contribution in [0.4, 0.5) is 0 Å². The van der Waals surface area contributed by atoms with Crippen molar-refractivity contribution in [1.82, 2.24) is 10.2 Å². The number of nitrogens with two attached hydrogens (primary N) is 1. The first-order chi connectivity index (χ1) is 11.6. The van der Waals surface area contributed by atoms with Crippen molar-refractivity contribution in [3.8, 4) is 0 Å². The normalized spacial score (nSPS) is 25.8. The van der Waals surface area contributed by atoms with E-state index in [-0.39, 0.29) is 11.9 Å². The van der Waals surface area contributed by atoms with E-state index in [1.807, 2.05) is 0 Å². The molecule has 4 nitrogen and oxygen atoms in total. The van der Waals surface area contributed by atoms with Gasteiger partial charge in [-0.15, -0.1) is 0 Å². The van der Waals surface area contributed by atoms with E-state index in [2.05, 4.69) is 50.4 Å². The first-order valence-electron chi connectivity index (χ1n) is 9.12. The molecule has 3 rings (SSSR count). The van der Waals surface area contributed by atoms with Crippen LogP contribution < -0.4 is 11.1 Å². The second kappa shape index (κ2) is 8.45. The third-order valence-corrected chi connectivity index (χ3v) is 5.97. The number of hydrogen-bond acceptors (Lipinski definition) is 3. The molecule has 132 valence electrons. The van der Waals surface area contributed by atoms with Crippen molar-refractivity contribution >= 4 is 21.8 Å². The highest BCUT2D eigenvalue weighted by atomic mass is 79.9. The van der Waals surface area contributed by atoms with Crippen LogP contribution >= 0.6 is 15.9 Å². The summed E-state index contributed by atoms with van der Waals surface area (Å²) >= 11 is 3.47. The number of likely N-dealkylation sites (tertiary alicyclic amines) is 1. The number of hydrogen-bond donors (Lipinski definition) is 2. The van der Waals surface area contributed by atoms with Gasteiger partial charge in [0.05, 0.1) is 0 Å². The maximum Gasteiger partial charge on any atom is 0.220 e. The quantitative estimate of drug-likeness (QED) is 0.807. The number of piperidine rings is 1. The van der Waals surface area contributed by atoms with Crippen molar-refractivity contribution in [2.75, 3.05) is 13.1 Å². The van der Waals surface area contributed by atoms with Crippen LogP contribution in [-0.4, -0.2) is 36.0 Å². The molecule has 3 N–H and O–H groups in total. The van der Waals surface area contributed by atoms with Crippen molar-refractivity contribution in [3.63, 3.8) is 0 Å². The van der Waals surface area contributed by atoms with Crippen molar-refractivity contribution in [3.05, 3.63) is 34.3 Å². The molecule has 0 aromatic heterocycles. The molecule has 2 aliphatic rings. The van der Waals surface area contributed by atoms with Gasteiger partial charge in [0, 0.05) is 42.6 Å². The number of carbonyl (C=O) groups excluding carboxylic acids is 1. The highest BCUT2D eigenvalue weighted by molar-refractivity contribution is 9.10. The van der Waals surface area contributed by atoms with Gasteiger partial charge < -0.3 is 11.1 Å². The molecule has 2 fully saturated rings. The summed E-state index contributed by atoms with van der Waals surface area (Å²) in [4.78, 5) is 14.7. The summed E-state index contributed by atoms with van der Waals surface area (Å²) < 4.78 is 1.12. The average molecular weight is 394 g/mol. The Hall–Kier alpha value is -0.910. The lowest BCUT2D eigenvalue weighted by atomic mass is 9.98. The predicted octanol–water partition coefficient (Wildman–Crippen LogP) is 3.05. The minimum Gasteiger partial charge on any atom is -0.353 e. The van der Waals surface area contributed by atoms with Crippen molar-refractivity contribution in [2.24, 2.45) is 11.7 Å². The number of nitrogens with zero attached hydrogens (tertiary/aromatic N) is 1. The topological polar surface area (TPSA) is 58.4 Å². The minimum absolute atomic E-state index is 0.198. The fourth-order valence-corrected chi connectivity index (χ4v) is 4.19. The number of carbonyl (C=O) groups is 1. The molecule has 1 heterocycles. The predicted molar refractivity (Wildman–Crippen MR) is 101 cm³/mol. The SMILES string of the molecule is N[C@@H]1CCC[C@H]1CC(=O)NC1CCN(Cc2ccc(Br)cc2)CC1. The van der Waals surface area contributed by atoms with Gasteiger partial charge in [-0.1, -0.05) is 34.5 Å². The van der Waals surface area contributed by atoms with E-state index in [0.29, 0.717) is 18.4 Å². The van der Waals surface area contributed by atoms with Gasteiger partial charge in [0.25, 0.3) is 0 Å². The van der Waals surface area contributed by atoms with E-state index in [1.54, 1.807) is 0 Å². The molecule has 0 unspecified atom stereocenters. The van der Waals surface area contributed by atoms with Gasteiger partial charge in [-0.25, -0.2) is 0 Å². The van der Waals surface area contributed by atoms with Gasteiger partial charge >= 0.3 is 0 Å². The number of amides is 1. The Balaban J connectivity index is 1.38. The molecule has 0 bridgehead atoms. The Morgan fingerprint density at radius 1 is 1.17 bits per heavy atom. The Labute approximate surface area is 153 Å². The van der Waals surface area contributed by atoms with E-state index >= 15 is 0 Å². The monoisotopic (exact) mass is 393 g/mol. The molecule has 1 aromatic carbocycles. The second-order valence-corrected chi connectivity index (χ2v) is 8.22. The van der Waals surface area contributed by atoms with Crippen LogP contribution in [0.3, 0.4) is 0 Å². The Morgan fingerprint density at radius 2 is 1.88 bits per heavy atom. The smallest absolute Gasteiger partial charge is 0.220 e. The van der Waals surface area contributed by atoms with E-state index < -0.39 is 0 Å².